The van der Waals surface area contributed by atoms with Crippen LogP contribution in [-0.4, -0.2) is 11.3 Å². The van der Waals surface area contributed by atoms with Gasteiger partial charge < -0.3 is 5.32 Å². The number of hydrogen-bond acceptors (Lipinski definition) is 3. The second-order valence-electron chi connectivity index (χ2n) is 2.20. The number of aliphatic imine (C=N–C) groups is 1. The summed E-state index contributed by atoms with van der Waals surface area (Å²) in [4.78, 5) is 7.92. The van der Waals surface area contributed by atoms with Crippen LogP contribution in [0.1, 0.15) is 5.56 Å². The monoisotopic (exact) mass is 145 g/mol. The second-order valence-corrected chi connectivity index (χ2v) is 2.20. The van der Waals surface area contributed by atoms with Crippen LogP contribution in [0.15, 0.2) is 29.7 Å². The molecule has 0 radical (unpaired) electrons. The number of aromatic nitrogens is 1. The largest absolute Gasteiger partial charge is 0.345 e. The first-order valence-electron chi connectivity index (χ1n) is 3.35. The van der Waals surface area contributed by atoms with E-state index >= 15 is 0 Å². The zero-order valence-electron chi connectivity index (χ0n) is 5.86. The van der Waals surface area contributed by atoms with Crippen LogP contribution in [0, 0.1) is 0 Å². The number of nitrogens with zero attached hydrogens (tertiary/aromatic N) is 2. The fourth-order valence-corrected chi connectivity index (χ4v) is 0.944. The van der Waals surface area contributed by atoms with Crippen LogP contribution in [0.3, 0.4) is 0 Å². The van der Waals surface area contributed by atoms with E-state index in [1.54, 1.807) is 24.9 Å². The molecule has 3 nitrogen and oxygen atoms in total. The minimum Gasteiger partial charge on any atom is -0.345 e. The number of nitrogens with one attached hydrogen (secondary N) is 1. The van der Waals surface area contributed by atoms with Crippen molar-refractivity contribution in [3.8, 4) is 0 Å². The van der Waals surface area contributed by atoms with Gasteiger partial charge in [0.2, 0.25) is 0 Å². The van der Waals surface area contributed by atoms with Gasteiger partial charge in [0, 0.05) is 18.0 Å². The predicted octanol–water partition coefficient (Wildman–Crippen LogP) is 1.51. The molecular weight excluding hydrogens is 138 g/mol. The summed E-state index contributed by atoms with van der Waals surface area (Å²) in [7, 11) is 0. The van der Waals surface area contributed by atoms with Crippen LogP contribution < -0.4 is 5.32 Å². The van der Waals surface area contributed by atoms with Crippen molar-refractivity contribution in [3.05, 3.63) is 30.2 Å². The van der Waals surface area contributed by atoms with E-state index in [4.69, 9.17) is 0 Å². The van der Waals surface area contributed by atoms with Gasteiger partial charge in [0.15, 0.2) is 0 Å². The Morgan fingerprint density at radius 3 is 3.36 bits per heavy atom. The summed E-state index contributed by atoms with van der Waals surface area (Å²) < 4.78 is 0. The summed E-state index contributed by atoms with van der Waals surface area (Å²) in [6.07, 6.45) is 8.86. The highest BCUT2D eigenvalue weighted by atomic mass is 15.0. The van der Waals surface area contributed by atoms with Gasteiger partial charge in [-0.15, -0.1) is 0 Å². The summed E-state index contributed by atoms with van der Waals surface area (Å²) in [6, 6.07) is 1.94. The third-order valence-corrected chi connectivity index (χ3v) is 1.49. The molecule has 2 heterocycles. The molecule has 1 aliphatic heterocycles. The van der Waals surface area contributed by atoms with Crippen molar-refractivity contribution in [2.45, 2.75) is 0 Å². The quantitative estimate of drug-likeness (QED) is 0.600. The van der Waals surface area contributed by atoms with Crippen LogP contribution in [0.25, 0.3) is 6.08 Å². The van der Waals surface area contributed by atoms with Crippen molar-refractivity contribution in [3.63, 3.8) is 0 Å². The Labute approximate surface area is 64.5 Å². The molecule has 0 atom stereocenters. The lowest BCUT2D eigenvalue weighted by molar-refractivity contribution is 1.32. The van der Waals surface area contributed by atoms with E-state index in [9.17, 15) is 0 Å². The van der Waals surface area contributed by atoms with Gasteiger partial charge >= 0.3 is 0 Å². The van der Waals surface area contributed by atoms with E-state index in [0.717, 1.165) is 11.3 Å². The maximum Gasteiger partial charge on any atom is 0.0923 e. The molecule has 0 saturated carbocycles. The Bertz CT molecular complexity index is 315. The molecule has 54 valence electrons. The van der Waals surface area contributed by atoms with Gasteiger partial charge in [0.05, 0.1) is 18.2 Å². The third kappa shape index (κ3) is 1.12. The van der Waals surface area contributed by atoms with Crippen molar-refractivity contribution in [2.24, 2.45) is 4.99 Å². The van der Waals surface area contributed by atoms with Crippen molar-refractivity contribution in [2.75, 3.05) is 5.32 Å². The van der Waals surface area contributed by atoms with Crippen molar-refractivity contribution < 1.29 is 0 Å². The Hall–Kier alpha value is -1.64. The lowest BCUT2D eigenvalue weighted by Crippen LogP contribution is -1.95. The number of pyridine rings is 1. The predicted molar refractivity (Wildman–Crippen MR) is 45.4 cm³/mol. The number of anilines is 1. The highest BCUT2D eigenvalue weighted by molar-refractivity contribution is 5.83. The topological polar surface area (TPSA) is 37.3 Å². The maximum absolute atomic E-state index is 3.98. The average molecular weight is 145 g/mol. The minimum absolute atomic E-state index is 0.991. The van der Waals surface area contributed by atoms with E-state index in [2.05, 4.69) is 15.3 Å². The molecule has 1 aliphatic rings. The zero-order valence-corrected chi connectivity index (χ0v) is 5.86. The van der Waals surface area contributed by atoms with Gasteiger partial charge in [-0.05, 0) is 12.1 Å². The van der Waals surface area contributed by atoms with Gasteiger partial charge in [0.25, 0.3) is 0 Å². The smallest absolute Gasteiger partial charge is 0.0923 e. The molecule has 0 aliphatic carbocycles. The normalized spacial score (nSPS) is 13.5. The molecule has 0 saturated heterocycles. The van der Waals surface area contributed by atoms with Crippen LogP contribution in [-0.2, 0) is 0 Å². The van der Waals surface area contributed by atoms with E-state index in [0.29, 0.717) is 0 Å². The summed E-state index contributed by atoms with van der Waals surface area (Å²) in [5.74, 6) is 0. The molecule has 0 amide bonds. The van der Waals surface area contributed by atoms with Crippen molar-refractivity contribution in [1.82, 2.24) is 4.98 Å². The van der Waals surface area contributed by atoms with Gasteiger partial charge in [0.1, 0.15) is 0 Å². The molecule has 0 unspecified atom stereocenters. The lowest BCUT2D eigenvalue weighted by Gasteiger charge is -2.00. The van der Waals surface area contributed by atoms with Crippen molar-refractivity contribution in [1.29, 1.82) is 0 Å². The number of fused-ring (bicyclic) bond motifs is 1. The van der Waals surface area contributed by atoms with E-state index in [1.165, 1.54) is 0 Å². The molecule has 2 rings (SSSR count). The van der Waals surface area contributed by atoms with Crippen LogP contribution in [0.5, 0.6) is 0 Å². The van der Waals surface area contributed by atoms with Crippen molar-refractivity contribution >= 4 is 18.1 Å². The Morgan fingerprint density at radius 1 is 1.36 bits per heavy atom. The average Bonchev–Trinajstić information content (AvgIpc) is 2.28. The number of hydrogen-bond donors (Lipinski definition) is 1. The van der Waals surface area contributed by atoms with Gasteiger partial charge in [-0.3, -0.25) is 4.98 Å². The molecule has 1 aromatic heterocycles. The van der Waals surface area contributed by atoms with Gasteiger partial charge in [-0.25, -0.2) is 4.99 Å². The fraction of sp³-hybridized carbons (Fsp3) is 0. The fourth-order valence-electron chi connectivity index (χ4n) is 0.944. The van der Waals surface area contributed by atoms with Crippen LogP contribution >= 0.6 is 0 Å². The summed E-state index contributed by atoms with van der Waals surface area (Å²) in [5, 5.41) is 3.01. The highest BCUT2D eigenvalue weighted by Gasteiger charge is 1.97. The molecule has 1 N–H and O–H groups in total. The SMILES string of the molecule is C1=Cc2ccncc2NC=N1. The van der Waals surface area contributed by atoms with E-state index < -0.39 is 0 Å². The Balaban J connectivity index is 2.52. The summed E-state index contributed by atoms with van der Waals surface area (Å²) in [5.41, 5.74) is 2.10. The Kier molecular flexibility index (Phi) is 1.41. The van der Waals surface area contributed by atoms with E-state index in [-0.39, 0.29) is 0 Å². The van der Waals surface area contributed by atoms with Gasteiger partial charge in [-0.1, -0.05) is 0 Å². The first kappa shape index (κ1) is 6.09. The second kappa shape index (κ2) is 2.54. The van der Waals surface area contributed by atoms with E-state index in [1.807, 2.05) is 12.1 Å². The molecule has 0 bridgehead atoms. The zero-order chi connectivity index (χ0) is 7.52. The Morgan fingerprint density at radius 2 is 2.36 bits per heavy atom. The molecular formula is C8H7N3. The molecule has 3 heteroatoms. The highest BCUT2D eigenvalue weighted by Crippen LogP contribution is 2.15. The standard InChI is InChI=1S/C8H7N3/c1-3-9-5-8-7(1)2-4-10-6-11-8/h1-6H,(H,10,11). The lowest BCUT2D eigenvalue weighted by atomic mass is 10.2. The first-order chi connectivity index (χ1) is 5.47. The molecule has 11 heavy (non-hydrogen) atoms. The molecule has 0 fully saturated rings. The third-order valence-electron chi connectivity index (χ3n) is 1.49. The summed E-state index contributed by atoms with van der Waals surface area (Å²) >= 11 is 0. The number of rotatable bonds is 0. The maximum atomic E-state index is 3.98. The summed E-state index contributed by atoms with van der Waals surface area (Å²) in [6.45, 7) is 0. The molecule has 1 aromatic rings. The first-order valence-corrected chi connectivity index (χ1v) is 3.35. The van der Waals surface area contributed by atoms with Gasteiger partial charge in [-0.2, -0.15) is 0 Å². The van der Waals surface area contributed by atoms with Crippen LogP contribution in [0.2, 0.25) is 0 Å². The molecule has 0 spiro atoms. The molecule has 0 aromatic carbocycles. The van der Waals surface area contributed by atoms with Crippen LogP contribution in [0.4, 0.5) is 5.69 Å². The minimum atomic E-state index is 0.991.